The van der Waals surface area contributed by atoms with E-state index < -0.39 is 0 Å². The molecule has 1 aromatic rings. The van der Waals surface area contributed by atoms with Crippen molar-refractivity contribution < 1.29 is 9.47 Å². The van der Waals surface area contributed by atoms with Crippen LogP contribution in [0.3, 0.4) is 0 Å². The molecule has 0 aliphatic rings. The van der Waals surface area contributed by atoms with Gasteiger partial charge in [-0.25, -0.2) is 0 Å². The fraction of sp³-hybridized carbons (Fsp3) is 0.833. The van der Waals surface area contributed by atoms with Crippen molar-refractivity contribution in [2.24, 2.45) is 0 Å². The fourth-order valence-electron chi connectivity index (χ4n) is 1.31. The monoisotopic (exact) mass is 273 g/mol. The van der Waals surface area contributed by atoms with Gasteiger partial charge >= 0.3 is 0 Å². The molecule has 0 atom stereocenters. The van der Waals surface area contributed by atoms with E-state index in [9.17, 15) is 0 Å². The van der Waals surface area contributed by atoms with Gasteiger partial charge in [0.2, 0.25) is 0 Å². The van der Waals surface area contributed by atoms with E-state index >= 15 is 0 Å². The quantitative estimate of drug-likeness (QED) is 0.628. The molecule has 1 heterocycles. The molecule has 1 aromatic heterocycles. The van der Waals surface area contributed by atoms with Gasteiger partial charge in [-0.3, -0.25) is 0 Å². The van der Waals surface area contributed by atoms with Crippen molar-refractivity contribution in [3.05, 3.63) is 5.69 Å². The molecule has 0 fully saturated rings. The minimum atomic E-state index is 0.500. The Morgan fingerprint density at radius 3 is 2.72 bits per heavy atom. The molecule has 0 spiro atoms. The molecule has 18 heavy (non-hydrogen) atoms. The van der Waals surface area contributed by atoms with Gasteiger partial charge in [0.05, 0.1) is 19.8 Å². The van der Waals surface area contributed by atoms with Crippen molar-refractivity contribution in [3.63, 3.8) is 0 Å². The van der Waals surface area contributed by atoms with Crippen LogP contribution >= 0.6 is 11.5 Å². The first-order valence-corrected chi connectivity index (χ1v) is 7.36. The average molecular weight is 273 g/mol. The van der Waals surface area contributed by atoms with E-state index in [-0.39, 0.29) is 0 Å². The number of nitrogens with one attached hydrogen (secondary N) is 1. The smallest absolute Gasteiger partial charge is 0.135 e. The van der Waals surface area contributed by atoms with Crippen molar-refractivity contribution in [1.29, 1.82) is 0 Å². The molecule has 0 saturated heterocycles. The van der Waals surface area contributed by atoms with Gasteiger partial charge in [-0.1, -0.05) is 24.8 Å². The minimum absolute atomic E-state index is 0.500. The molecule has 0 aliphatic heterocycles. The van der Waals surface area contributed by atoms with Crippen LogP contribution < -0.4 is 5.32 Å². The van der Waals surface area contributed by atoms with E-state index in [2.05, 4.69) is 28.8 Å². The standard InChI is InChI=1S/C12H23N3O2S/c1-3-5-7-16-8-9-17-10-11-12(13-6-4-2)18-15-14-11/h13H,3-10H2,1-2H3. The molecule has 0 aliphatic carbocycles. The summed E-state index contributed by atoms with van der Waals surface area (Å²) in [6.07, 6.45) is 3.36. The summed E-state index contributed by atoms with van der Waals surface area (Å²) in [6.45, 7) is 7.80. The molecular weight excluding hydrogens is 250 g/mol. The zero-order valence-corrected chi connectivity index (χ0v) is 12.1. The topological polar surface area (TPSA) is 56.3 Å². The van der Waals surface area contributed by atoms with E-state index in [1.165, 1.54) is 11.5 Å². The largest absolute Gasteiger partial charge is 0.379 e. The lowest BCUT2D eigenvalue weighted by Gasteiger charge is -2.05. The minimum Gasteiger partial charge on any atom is -0.379 e. The Balaban J connectivity index is 2.09. The van der Waals surface area contributed by atoms with Crippen molar-refractivity contribution in [2.75, 3.05) is 31.7 Å². The molecule has 0 aromatic carbocycles. The number of hydrogen-bond donors (Lipinski definition) is 1. The van der Waals surface area contributed by atoms with Crippen LogP contribution in [-0.2, 0) is 16.1 Å². The number of aromatic nitrogens is 2. The van der Waals surface area contributed by atoms with Gasteiger partial charge in [-0.15, -0.1) is 5.10 Å². The Hall–Kier alpha value is -0.720. The zero-order chi connectivity index (χ0) is 13.1. The number of nitrogens with zero attached hydrogens (tertiary/aromatic N) is 2. The summed E-state index contributed by atoms with van der Waals surface area (Å²) in [4.78, 5) is 0. The van der Waals surface area contributed by atoms with Gasteiger partial charge in [0.1, 0.15) is 10.7 Å². The Morgan fingerprint density at radius 2 is 1.94 bits per heavy atom. The maximum absolute atomic E-state index is 5.52. The average Bonchev–Trinajstić information content (AvgIpc) is 2.83. The first-order chi connectivity index (χ1) is 8.88. The zero-order valence-electron chi connectivity index (χ0n) is 11.3. The summed E-state index contributed by atoms with van der Waals surface area (Å²) in [5.41, 5.74) is 0.891. The van der Waals surface area contributed by atoms with Crippen LogP contribution in [0.4, 0.5) is 5.00 Å². The van der Waals surface area contributed by atoms with E-state index in [1.807, 2.05) is 0 Å². The van der Waals surface area contributed by atoms with Crippen LogP contribution in [0.5, 0.6) is 0 Å². The van der Waals surface area contributed by atoms with Crippen molar-refractivity contribution >= 4 is 16.5 Å². The van der Waals surface area contributed by atoms with Crippen molar-refractivity contribution in [3.8, 4) is 0 Å². The molecule has 0 unspecified atom stereocenters. The first kappa shape index (κ1) is 15.3. The SMILES string of the molecule is CCCCOCCOCc1nnsc1NCCC. The summed E-state index contributed by atoms with van der Waals surface area (Å²) in [5, 5.41) is 8.37. The number of rotatable bonds is 11. The Morgan fingerprint density at radius 1 is 1.11 bits per heavy atom. The van der Waals surface area contributed by atoms with Crippen LogP contribution in [-0.4, -0.2) is 36.0 Å². The molecule has 1 N–H and O–H groups in total. The third-order valence-electron chi connectivity index (χ3n) is 2.34. The summed E-state index contributed by atoms with van der Waals surface area (Å²) in [7, 11) is 0. The molecule has 0 bridgehead atoms. The predicted octanol–water partition coefficient (Wildman–Crippen LogP) is 2.69. The highest BCUT2D eigenvalue weighted by atomic mass is 32.1. The highest BCUT2D eigenvalue weighted by molar-refractivity contribution is 7.10. The van der Waals surface area contributed by atoms with E-state index in [0.29, 0.717) is 19.8 Å². The summed E-state index contributed by atoms with van der Waals surface area (Å²) < 4.78 is 14.9. The van der Waals surface area contributed by atoms with E-state index in [1.54, 1.807) is 0 Å². The van der Waals surface area contributed by atoms with Gasteiger partial charge in [0.15, 0.2) is 0 Å². The fourth-order valence-corrected chi connectivity index (χ4v) is 1.90. The van der Waals surface area contributed by atoms with Crippen LogP contribution in [0.25, 0.3) is 0 Å². The van der Waals surface area contributed by atoms with Gasteiger partial charge in [0, 0.05) is 24.7 Å². The number of hydrogen-bond acceptors (Lipinski definition) is 6. The molecular formula is C12H23N3O2S. The third-order valence-corrected chi connectivity index (χ3v) is 3.07. The molecule has 104 valence electrons. The van der Waals surface area contributed by atoms with E-state index in [0.717, 1.165) is 43.1 Å². The van der Waals surface area contributed by atoms with Gasteiger partial charge < -0.3 is 14.8 Å². The van der Waals surface area contributed by atoms with Crippen LogP contribution in [0.15, 0.2) is 0 Å². The third kappa shape index (κ3) is 6.28. The van der Waals surface area contributed by atoms with Crippen LogP contribution in [0, 0.1) is 0 Å². The molecule has 5 nitrogen and oxygen atoms in total. The Kier molecular flexibility index (Phi) is 8.71. The van der Waals surface area contributed by atoms with Gasteiger partial charge in [-0.05, 0) is 12.8 Å². The maximum atomic E-state index is 5.52. The Bertz CT molecular complexity index is 307. The molecule has 0 saturated carbocycles. The molecule has 0 amide bonds. The molecule has 1 rings (SSSR count). The lowest BCUT2D eigenvalue weighted by molar-refractivity contribution is 0.0387. The Labute approximate surface area is 113 Å². The second-order valence-corrected chi connectivity index (χ2v) is 4.75. The maximum Gasteiger partial charge on any atom is 0.135 e. The first-order valence-electron chi connectivity index (χ1n) is 6.59. The number of unbranched alkanes of at least 4 members (excludes halogenated alkanes) is 1. The molecule has 0 radical (unpaired) electrons. The predicted molar refractivity (Wildman–Crippen MR) is 74.1 cm³/mol. The van der Waals surface area contributed by atoms with E-state index in [4.69, 9.17) is 9.47 Å². The number of ether oxygens (including phenoxy) is 2. The highest BCUT2D eigenvalue weighted by Crippen LogP contribution is 2.18. The normalized spacial score (nSPS) is 10.8. The lowest BCUT2D eigenvalue weighted by atomic mass is 10.4. The second-order valence-electron chi connectivity index (χ2n) is 3.99. The van der Waals surface area contributed by atoms with Crippen LogP contribution in [0.2, 0.25) is 0 Å². The number of anilines is 1. The van der Waals surface area contributed by atoms with Crippen LogP contribution in [0.1, 0.15) is 38.8 Å². The summed E-state index contributed by atoms with van der Waals surface area (Å²) >= 11 is 1.38. The van der Waals surface area contributed by atoms with Crippen molar-refractivity contribution in [1.82, 2.24) is 9.59 Å². The lowest BCUT2D eigenvalue weighted by Crippen LogP contribution is -2.07. The van der Waals surface area contributed by atoms with Gasteiger partial charge in [0.25, 0.3) is 0 Å². The van der Waals surface area contributed by atoms with Crippen molar-refractivity contribution in [2.45, 2.75) is 39.7 Å². The van der Waals surface area contributed by atoms with Gasteiger partial charge in [-0.2, -0.15) is 0 Å². The summed E-state index contributed by atoms with van der Waals surface area (Å²) in [6, 6.07) is 0. The second kappa shape index (κ2) is 10.2. The highest BCUT2D eigenvalue weighted by Gasteiger charge is 2.06. The summed E-state index contributed by atoms with van der Waals surface area (Å²) in [5.74, 6) is 0. The molecule has 6 heteroatoms.